The molecule has 0 aromatic rings. The normalized spacial score (nSPS) is 19.8. The van der Waals surface area contributed by atoms with Gasteiger partial charge in [0, 0.05) is 11.8 Å². The highest BCUT2D eigenvalue weighted by Crippen LogP contribution is 2.30. The molecule has 13 heavy (non-hydrogen) atoms. The summed E-state index contributed by atoms with van der Waals surface area (Å²) in [5, 5.41) is 3.60. The fourth-order valence-corrected chi connectivity index (χ4v) is 2.66. The van der Waals surface area contributed by atoms with Crippen LogP contribution in [0.5, 0.6) is 0 Å². The van der Waals surface area contributed by atoms with Crippen molar-refractivity contribution in [3.63, 3.8) is 0 Å². The Morgan fingerprint density at radius 2 is 2.15 bits per heavy atom. The molecule has 78 valence electrons. The van der Waals surface area contributed by atoms with Crippen molar-refractivity contribution in [2.75, 3.05) is 18.1 Å². The highest BCUT2D eigenvalue weighted by molar-refractivity contribution is 7.99. The van der Waals surface area contributed by atoms with Crippen LogP contribution in [0.2, 0.25) is 0 Å². The Labute approximate surface area is 87.1 Å². The van der Waals surface area contributed by atoms with E-state index in [0.717, 1.165) is 18.5 Å². The first-order valence-electron chi connectivity index (χ1n) is 5.68. The first-order valence-corrected chi connectivity index (χ1v) is 6.83. The zero-order chi connectivity index (χ0) is 9.52. The van der Waals surface area contributed by atoms with Crippen LogP contribution in [0, 0.1) is 5.92 Å². The second-order valence-electron chi connectivity index (χ2n) is 3.95. The average Bonchev–Trinajstić information content (AvgIpc) is 2.07. The number of hydrogen-bond acceptors (Lipinski definition) is 2. The minimum Gasteiger partial charge on any atom is -0.313 e. The lowest BCUT2D eigenvalue weighted by Crippen LogP contribution is -2.34. The van der Waals surface area contributed by atoms with Crippen LogP contribution in [-0.4, -0.2) is 24.1 Å². The molecule has 1 rings (SSSR count). The molecule has 1 unspecified atom stereocenters. The number of rotatable bonds is 7. The second kappa shape index (κ2) is 6.72. The summed E-state index contributed by atoms with van der Waals surface area (Å²) in [6, 6.07) is 0.778. The Morgan fingerprint density at radius 1 is 1.38 bits per heavy atom. The van der Waals surface area contributed by atoms with E-state index in [2.05, 4.69) is 30.9 Å². The lowest BCUT2D eigenvalue weighted by molar-refractivity contribution is 0.269. The molecule has 0 spiro atoms. The van der Waals surface area contributed by atoms with E-state index in [9.17, 15) is 0 Å². The van der Waals surface area contributed by atoms with Crippen LogP contribution in [-0.2, 0) is 0 Å². The third-order valence-electron chi connectivity index (χ3n) is 2.86. The van der Waals surface area contributed by atoms with E-state index in [1.165, 1.54) is 37.2 Å². The molecule has 0 aromatic carbocycles. The summed E-state index contributed by atoms with van der Waals surface area (Å²) < 4.78 is 0. The molecule has 1 fully saturated rings. The molecule has 1 nitrogen and oxygen atoms in total. The largest absolute Gasteiger partial charge is 0.313 e. The molecule has 0 amide bonds. The molecule has 0 radical (unpaired) electrons. The third kappa shape index (κ3) is 4.37. The van der Waals surface area contributed by atoms with E-state index in [1.54, 1.807) is 0 Å². The second-order valence-corrected chi connectivity index (χ2v) is 5.27. The van der Waals surface area contributed by atoms with Crippen molar-refractivity contribution >= 4 is 11.8 Å². The molecular weight excluding hydrogens is 178 g/mol. The molecule has 2 heteroatoms. The van der Waals surface area contributed by atoms with Crippen molar-refractivity contribution in [3.8, 4) is 0 Å². The Kier molecular flexibility index (Phi) is 5.88. The predicted molar refractivity (Wildman–Crippen MR) is 62.4 cm³/mol. The van der Waals surface area contributed by atoms with Gasteiger partial charge in [0.15, 0.2) is 0 Å². The number of nitrogens with one attached hydrogen (secondary N) is 1. The molecule has 1 saturated carbocycles. The van der Waals surface area contributed by atoms with E-state index in [-0.39, 0.29) is 0 Å². The fraction of sp³-hybridized carbons (Fsp3) is 1.00. The van der Waals surface area contributed by atoms with Gasteiger partial charge < -0.3 is 5.32 Å². The first kappa shape index (κ1) is 11.4. The highest BCUT2D eigenvalue weighted by atomic mass is 32.2. The number of thioether (sulfide) groups is 1. The summed E-state index contributed by atoms with van der Waals surface area (Å²) in [6.07, 6.45) is 5.86. The molecular formula is C11H23NS. The predicted octanol–water partition coefficient (Wildman–Crippen LogP) is 2.91. The van der Waals surface area contributed by atoms with Gasteiger partial charge in [0.25, 0.3) is 0 Å². The van der Waals surface area contributed by atoms with Crippen LogP contribution in [0.4, 0.5) is 0 Å². The van der Waals surface area contributed by atoms with Crippen molar-refractivity contribution in [2.24, 2.45) is 5.92 Å². The van der Waals surface area contributed by atoms with Crippen LogP contribution in [0.1, 0.15) is 39.5 Å². The van der Waals surface area contributed by atoms with Gasteiger partial charge >= 0.3 is 0 Å². The summed E-state index contributed by atoms with van der Waals surface area (Å²) >= 11 is 2.07. The van der Waals surface area contributed by atoms with E-state index in [4.69, 9.17) is 0 Å². The summed E-state index contributed by atoms with van der Waals surface area (Å²) in [5.74, 6) is 3.61. The molecule has 0 aromatic heterocycles. The van der Waals surface area contributed by atoms with Crippen LogP contribution in [0.25, 0.3) is 0 Å². The van der Waals surface area contributed by atoms with Crippen molar-refractivity contribution in [1.29, 1.82) is 0 Å². The van der Waals surface area contributed by atoms with Crippen molar-refractivity contribution < 1.29 is 0 Å². The molecule has 1 N–H and O–H groups in total. The minimum atomic E-state index is 0.778. The Hall–Kier alpha value is 0.310. The molecule has 1 atom stereocenters. The smallest absolute Gasteiger partial charge is 0.0160 e. The topological polar surface area (TPSA) is 12.0 Å². The Morgan fingerprint density at radius 3 is 2.62 bits per heavy atom. The van der Waals surface area contributed by atoms with Crippen LogP contribution in [0.15, 0.2) is 0 Å². The van der Waals surface area contributed by atoms with E-state index in [0.29, 0.717) is 0 Å². The van der Waals surface area contributed by atoms with Crippen LogP contribution in [0.3, 0.4) is 0 Å². The average molecular weight is 201 g/mol. The monoisotopic (exact) mass is 201 g/mol. The highest BCUT2D eigenvalue weighted by Gasteiger charge is 2.21. The maximum Gasteiger partial charge on any atom is 0.0160 e. The lowest BCUT2D eigenvalue weighted by atomic mass is 9.81. The summed E-state index contributed by atoms with van der Waals surface area (Å²) in [6.45, 7) is 5.59. The van der Waals surface area contributed by atoms with Gasteiger partial charge in [-0.25, -0.2) is 0 Å². The van der Waals surface area contributed by atoms with Crippen molar-refractivity contribution in [2.45, 2.75) is 45.6 Å². The Bertz CT molecular complexity index is 123. The van der Waals surface area contributed by atoms with Gasteiger partial charge in [-0.2, -0.15) is 11.8 Å². The van der Waals surface area contributed by atoms with Crippen molar-refractivity contribution in [1.82, 2.24) is 5.32 Å². The maximum atomic E-state index is 3.60. The molecule has 0 saturated heterocycles. The molecule has 0 heterocycles. The molecule has 0 bridgehead atoms. The zero-order valence-corrected chi connectivity index (χ0v) is 9.83. The maximum absolute atomic E-state index is 3.60. The zero-order valence-electron chi connectivity index (χ0n) is 9.01. The summed E-state index contributed by atoms with van der Waals surface area (Å²) in [4.78, 5) is 0. The van der Waals surface area contributed by atoms with E-state index in [1.807, 2.05) is 0 Å². The lowest BCUT2D eigenvalue weighted by Gasteiger charge is -2.29. The van der Waals surface area contributed by atoms with Gasteiger partial charge in [-0.15, -0.1) is 0 Å². The van der Waals surface area contributed by atoms with Crippen LogP contribution >= 0.6 is 11.8 Å². The van der Waals surface area contributed by atoms with Gasteiger partial charge in [0.1, 0.15) is 0 Å². The fourth-order valence-electron chi connectivity index (χ4n) is 1.89. The van der Waals surface area contributed by atoms with Gasteiger partial charge in [0.2, 0.25) is 0 Å². The molecule has 1 aliphatic carbocycles. The van der Waals surface area contributed by atoms with E-state index < -0.39 is 0 Å². The van der Waals surface area contributed by atoms with Gasteiger partial charge in [-0.1, -0.05) is 33.1 Å². The molecule has 0 aliphatic heterocycles. The minimum absolute atomic E-state index is 0.778. The quantitative estimate of drug-likeness (QED) is 0.680. The number of hydrogen-bond donors (Lipinski definition) is 1. The van der Waals surface area contributed by atoms with Crippen molar-refractivity contribution in [3.05, 3.63) is 0 Å². The third-order valence-corrected chi connectivity index (χ3v) is 3.90. The van der Waals surface area contributed by atoms with Crippen LogP contribution < -0.4 is 5.32 Å². The molecule has 1 aliphatic rings. The summed E-state index contributed by atoms with van der Waals surface area (Å²) in [7, 11) is 0. The van der Waals surface area contributed by atoms with Gasteiger partial charge in [0.05, 0.1) is 0 Å². The van der Waals surface area contributed by atoms with Gasteiger partial charge in [-0.05, 0) is 24.6 Å². The Balaban J connectivity index is 2.11. The van der Waals surface area contributed by atoms with Gasteiger partial charge in [-0.3, -0.25) is 0 Å². The standard InChI is InChI=1S/C11H23NS/c1-3-12-11(9-13-4-2)8-10-6-5-7-10/h10-12H,3-9H2,1-2H3. The SMILES string of the molecule is CCNC(CSCC)CC1CCC1. The van der Waals surface area contributed by atoms with E-state index >= 15 is 0 Å². The summed E-state index contributed by atoms with van der Waals surface area (Å²) in [5.41, 5.74) is 0. The first-order chi connectivity index (χ1) is 6.36.